The predicted octanol–water partition coefficient (Wildman–Crippen LogP) is 5.75. The lowest BCUT2D eigenvalue weighted by Crippen LogP contribution is -2.21. The maximum atomic E-state index is 10.8. The van der Waals surface area contributed by atoms with Gasteiger partial charge in [-0.2, -0.15) is 8.42 Å². The van der Waals surface area contributed by atoms with Crippen molar-refractivity contribution in [2.24, 2.45) is 0 Å². The lowest BCUT2D eigenvalue weighted by molar-refractivity contribution is -0.116. The minimum Gasteiger partial charge on any atom is -0.353 e. The highest BCUT2D eigenvalue weighted by atomic mass is 32.2. The minimum absolute atomic E-state index is 0.0547. The molecule has 0 saturated heterocycles. The van der Waals surface area contributed by atoms with Crippen molar-refractivity contribution >= 4 is 22.1 Å². The van der Waals surface area contributed by atoms with Gasteiger partial charge in [0.25, 0.3) is 10.1 Å². The highest BCUT2D eigenvalue weighted by Crippen LogP contribution is 2.10. The number of nitrogens with one attached hydrogen (secondary N) is 1. The second-order valence-electron chi connectivity index (χ2n) is 6.91. The van der Waals surface area contributed by atoms with E-state index in [1.165, 1.54) is 69.9 Å². The minimum atomic E-state index is -4.00. The Labute approximate surface area is 177 Å². The van der Waals surface area contributed by atoms with Crippen LogP contribution in [0.4, 0.5) is 0 Å². The van der Waals surface area contributed by atoms with E-state index in [0.717, 1.165) is 23.9 Å². The van der Waals surface area contributed by atoms with Crippen LogP contribution in [0.5, 0.6) is 0 Å². The van der Waals surface area contributed by atoms with E-state index in [0.29, 0.717) is 0 Å². The number of rotatable bonds is 14. The molecule has 1 amide bonds. The Bertz CT molecular complexity index is 669. The van der Waals surface area contributed by atoms with Crippen LogP contribution in [-0.2, 0) is 14.9 Å². The fraction of sp³-hybridized carbons (Fsp3) is 0.522. The molecule has 5 nitrogen and oxygen atoms in total. The molecule has 0 saturated carbocycles. The molecule has 0 bridgehead atoms. The molecule has 0 spiro atoms. The third-order valence-electron chi connectivity index (χ3n) is 4.25. The quantitative estimate of drug-likeness (QED) is 0.226. The van der Waals surface area contributed by atoms with Crippen molar-refractivity contribution in [3.63, 3.8) is 0 Å². The predicted molar refractivity (Wildman–Crippen MR) is 122 cm³/mol. The summed E-state index contributed by atoms with van der Waals surface area (Å²) in [7, 11) is -4.00. The average Bonchev–Trinajstić information content (AvgIpc) is 2.71. The molecule has 1 aromatic rings. The lowest BCUT2D eigenvalue weighted by atomic mass is 10.1. The van der Waals surface area contributed by atoms with Crippen LogP contribution in [0.15, 0.2) is 48.4 Å². The Morgan fingerprint density at radius 1 is 0.966 bits per heavy atom. The summed E-state index contributed by atoms with van der Waals surface area (Å²) in [6, 6.07) is 8.86. The van der Waals surface area contributed by atoms with Crippen molar-refractivity contribution in [3.05, 3.63) is 54.0 Å². The Hall–Kier alpha value is -1.92. The molecule has 0 unspecified atom stereocenters. The highest BCUT2D eigenvalue weighted by molar-refractivity contribution is 7.88. The van der Waals surface area contributed by atoms with Crippen LogP contribution in [-0.4, -0.2) is 25.4 Å². The molecular weight excluding hydrogens is 386 g/mol. The first-order chi connectivity index (χ1) is 13.9. The molecule has 29 heavy (non-hydrogen) atoms. The van der Waals surface area contributed by atoms with Crippen LogP contribution in [0.2, 0.25) is 0 Å². The topological polar surface area (TPSA) is 83.5 Å². The molecule has 6 heteroatoms. The van der Waals surface area contributed by atoms with Crippen molar-refractivity contribution in [2.75, 3.05) is 6.54 Å². The van der Waals surface area contributed by atoms with Crippen molar-refractivity contribution in [2.45, 2.75) is 71.1 Å². The van der Waals surface area contributed by atoms with Crippen molar-refractivity contribution < 1.29 is 17.8 Å². The smallest absolute Gasteiger partial charge is 0.287 e. The van der Waals surface area contributed by atoms with E-state index < -0.39 is 10.1 Å². The third kappa shape index (κ3) is 20.6. The van der Waals surface area contributed by atoms with Gasteiger partial charge in [-0.25, -0.2) is 0 Å². The molecule has 0 atom stereocenters. The summed E-state index contributed by atoms with van der Waals surface area (Å²) in [6.45, 7) is 6.47. The number of benzene rings is 1. The van der Waals surface area contributed by atoms with Crippen LogP contribution >= 0.6 is 0 Å². The Balaban J connectivity index is 0.000000571. The summed E-state index contributed by atoms with van der Waals surface area (Å²) in [5.74, 6) is -0.0547. The van der Waals surface area contributed by atoms with E-state index in [1.54, 1.807) is 24.3 Å². The van der Waals surface area contributed by atoms with Crippen molar-refractivity contribution in [1.29, 1.82) is 0 Å². The van der Waals surface area contributed by atoms with Crippen LogP contribution in [0.25, 0.3) is 6.08 Å². The zero-order chi connectivity index (χ0) is 21.8. The van der Waals surface area contributed by atoms with E-state index in [4.69, 9.17) is 4.55 Å². The van der Waals surface area contributed by atoms with E-state index >= 15 is 0 Å². The van der Waals surface area contributed by atoms with Gasteiger partial charge in [-0.05, 0) is 24.1 Å². The summed E-state index contributed by atoms with van der Waals surface area (Å²) in [6.07, 6.45) is 15.9. The first kappa shape index (κ1) is 27.1. The number of unbranched alkanes of at least 4 members (excludes halogenated alkanes) is 9. The van der Waals surface area contributed by atoms with E-state index in [9.17, 15) is 13.2 Å². The van der Waals surface area contributed by atoms with E-state index in [-0.39, 0.29) is 5.91 Å². The monoisotopic (exact) mass is 423 g/mol. The number of carbonyl (C=O) groups excluding carboxylic acids is 1. The standard InChI is InChI=1S/C15H29NO.C8H8O3S/c1-3-5-6-7-8-9-10-11-12-13-14-16-15(17)4-2;9-12(10,11)7-6-8-4-2-1-3-5-8/h4H,2-3,5-14H2,1H3,(H,16,17);1-7H,(H,9,10,11). The van der Waals surface area contributed by atoms with Gasteiger partial charge in [-0.1, -0.05) is 102 Å². The maximum Gasteiger partial charge on any atom is 0.287 e. The Kier molecular flexibility index (Phi) is 16.9. The molecule has 164 valence electrons. The molecule has 1 aromatic carbocycles. The Morgan fingerprint density at radius 2 is 1.48 bits per heavy atom. The molecular formula is C23H37NO4S. The maximum absolute atomic E-state index is 10.8. The van der Waals surface area contributed by atoms with Gasteiger partial charge in [0.1, 0.15) is 0 Å². The van der Waals surface area contributed by atoms with Gasteiger partial charge >= 0.3 is 0 Å². The molecule has 0 aliphatic rings. The molecule has 1 rings (SSSR count). The van der Waals surface area contributed by atoms with Crippen LogP contribution < -0.4 is 5.32 Å². The number of hydrogen-bond acceptors (Lipinski definition) is 3. The van der Waals surface area contributed by atoms with E-state index in [2.05, 4.69) is 18.8 Å². The molecule has 0 aliphatic heterocycles. The van der Waals surface area contributed by atoms with Gasteiger partial charge in [0.05, 0.1) is 5.41 Å². The van der Waals surface area contributed by atoms with Crippen LogP contribution in [0, 0.1) is 0 Å². The number of amides is 1. The van der Waals surface area contributed by atoms with Crippen molar-refractivity contribution in [1.82, 2.24) is 5.32 Å². The van der Waals surface area contributed by atoms with Gasteiger partial charge in [0.15, 0.2) is 0 Å². The SMILES string of the molecule is C=CC(=O)NCCCCCCCCCCCC.O=S(=O)(O)C=Cc1ccccc1. The fourth-order valence-electron chi connectivity index (χ4n) is 2.62. The molecule has 0 aliphatic carbocycles. The molecule has 0 heterocycles. The van der Waals surface area contributed by atoms with Crippen molar-refractivity contribution in [3.8, 4) is 0 Å². The van der Waals surface area contributed by atoms with Gasteiger partial charge in [0, 0.05) is 6.54 Å². The largest absolute Gasteiger partial charge is 0.353 e. The summed E-state index contributed by atoms with van der Waals surface area (Å²) in [4.78, 5) is 10.8. The number of carbonyl (C=O) groups is 1. The third-order valence-corrected chi connectivity index (χ3v) is 4.73. The molecule has 0 fully saturated rings. The average molecular weight is 424 g/mol. The second-order valence-corrected chi connectivity index (χ2v) is 8.21. The van der Waals surface area contributed by atoms with Gasteiger partial charge in [0.2, 0.25) is 5.91 Å². The van der Waals surface area contributed by atoms with Gasteiger partial charge < -0.3 is 5.32 Å². The van der Waals surface area contributed by atoms with Crippen LogP contribution in [0.1, 0.15) is 76.7 Å². The number of hydrogen-bond donors (Lipinski definition) is 2. The zero-order valence-corrected chi connectivity index (χ0v) is 18.5. The first-order valence-corrected chi connectivity index (χ1v) is 12.0. The summed E-state index contributed by atoms with van der Waals surface area (Å²) >= 11 is 0. The zero-order valence-electron chi connectivity index (χ0n) is 17.7. The van der Waals surface area contributed by atoms with Gasteiger partial charge in [-0.3, -0.25) is 9.35 Å². The summed E-state index contributed by atoms with van der Waals surface area (Å²) in [5.41, 5.74) is 0.732. The van der Waals surface area contributed by atoms with Crippen LogP contribution in [0.3, 0.4) is 0 Å². The lowest BCUT2D eigenvalue weighted by Gasteiger charge is -2.03. The first-order valence-electron chi connectivity index (χ1n) is 10.5. The summed E-state index contributed by atoms with van der Waals surface area (Å²) < 4.78 is 28.9. The molecule has 0 radical (unpaired) electrons. The molecule has 2 N–H and O–H groups in total. The van der Waals surface area contributed by atoms with Gasteiger partial charge in [-0.15, -0.1) is 0 Å². The highest BCUT2D eigenvalue weighted by Gasteiger charge is 1.95. The fourth-order valence-corrected chi connectivity index (χ4v) is 2.95. The van der Waals surface area contributed by atoms with E-state index in [1.807, 2.05) is 6.07 Å². The molecule has 0 aromatic heterocycles. The summed E-state index contributed by atoms with van der Waals surface area (Å²) in [5, 5.41) is 3.55. The Morgan fingerprint density at radius 3 is 1.97 bits per heavy atom. The second kappa shape index (κ2) is 18.1. The normalized spacial score (nSPS) is 11.0.